The van der Waals surface area contributed by atoms with Gasteiger partial charge in [-0.15, -0.1) is 11.3 Å². The highest BCUT2D eigenvalue weighted by Gasteiger charge is 2.34. The highest BCUT2D eigenvalue weighted by atomic mass is 32.2. The molecule has 2 aromatic carbocycles. The summed E-state index contributed by atoms with van der Waals surface area (Å²) in [6.45, 7) is 2.69. The van der Waals surface area contributed by atoms with Crippen LogP contribution in [0.1, 0.15) is 35.6 Å². The van der Waals surface area contributed by atoms with Gasteiger partial charge in [-0.25, -0.2) is 8.42 Å². The Morgan fingerprint density at radius 3 is 2.42 bits per heavy atom. The number of thiophene rings is 1. The average molecular weight is 455 g/mol. The van der Waals surface area contributed by atoms with Crippen LogP contribution < -0.4 is 5.32 Å². The molecule has 1 saturated heterocycles. The molecule has 2 atom stereocenters. The van der Waals surface area contributed by atoms with Gasteiger partial charge in [0.25, 0.3) is 10.0 Å². The largest absolute Gasteiger partial charge is 0.345 e. The summed E-state index contributed by atoms with van der Waals surface area (Å²) in [5, 5.41) is 4.94. The van der Waals surface area contributed by atoms with E-state index in [0.29, 0.717) is 23.6 Å². The van der Waals surface area contributed by atoms with Crippen LogP contribution in [0, 0.1) is 12.8 Å². The Kier molecular flexibility index (Phi) is 6.55. The number of hydrogen-bond acceptors (Lipinski definition) is 4. The van der Waals surface area contributed by atoms with Crippen LogP contribution >= 0.6 is 11.3 Å². The quantitative estimate of drug-likeness (QED) is 0.602. The van der Waals surface area contributed by atoms with E-state index in [-0.39, 0.29) is 24.4 Å². The van der Waals surface area contributed by atoms with Crippen molar-refractivity contribution in [1.29, 1.82) is 0 Å². The number of nitrogens with one attached hydrogen (secondary N) is 1. The number of sulfonamides is 1. The lowest BCUT2D eigenvalue weighted by molar-refractivity contribution is -0.126. The van der Waals surface area contributed by atoms with Gasteiger partial charge in [0.2, 0.25) is 5.91 Å². The Morgan fingerprint density at radius 1 is 1.03 bits per heavy atom. The first-order valence-corrected chi connectivity index (χ1v) is 12.7. The lowest BCUT2D eigenvalue weighted by Gasteiger charge is -2.32. The molecule has 4 rings (SSSR count). The van der Waals surface area contributed by atoms with Crippen molar-refractivity contribution in [3.05, 3.63) is 88.8 Å². The van der Waals surface area contributed by atoms with E-state index in [9.17, 15) is 13.2 Å². The topological polar surface area (TPSA) is 66.5 Å². The molecule has 0 bridgehead atoms. The molecular formula is C24H26N2O3S2. The van der Waals surface area contributed by atoms with Crippen molar-refractivity contribution < 1.29 is 13.2 Å². The summed E-state index contributed by atoms with van der Waals surface area (Å²) in [7, 11) is -3.55. The number of amides is 1. The molecule has 0 radical (unpaired) electrons. The van der Waals surface area contributed by atoms with Gasteiger partial charge in [0.05, 0.1) is 12.0 Å². The molecule has 1 aliphatic rings. The minimum Gasteiger partial charge on any atom is -0.345 e. The molecule has 1 fully saturated rings. The summed E-state index contributed by atoms with van der Waals surface area (Å²) in [6, 6.07) is 21.1. The van der Waals surface area contributed by atoms with Gasteiger partial charge in [0.1, 0.15) is 4.21 Å². The van der Waals surface area contributed by atoms with E-state index in [1.54, 1.807) is 17.5 Å². The van der Waals surface area contributed by atoms with Crippen LogP contribution in [0.15, 0.2) is 76.3 Å². The van der Waals surface area contributed by atoms with Crippen LogP contribution in [0.5, 0.6) is 0 Å². The van der Waals surface area contributed by atoms with Crippen molar-refractivity contribution in [1.82, 2.24) is 9.62 Å². The van der Waals surface area contributed by atoms with E-state index in [1.807, 2.05) is 61.5 Å². The smallest absolute Gasteiger partial charge is 0.252 e. The van der Waals surface area contributed by atoms with Gasteiger partial charge in [0, 0.05) is 13.1 Å². The normalized spacial score (nSPS) is 18.4. The molecule has 0 unspecified atom stereocenters. The molecule has 1 N–H and O–H groups in total. The Bertz CT molecular complexity index is 1110. The fourth-order valence-corrected chi connectivity index (χ4v) is 6.60. The SMILES string of the molecule is Cc1ccc([C@H](NC(=O)[C@H]2CCCN(S(=O)(=O)c3cccs3)C2)c2ccccc2)cc1. The second-order valence-electron chi connectivity index (χ2n) is 7.90. The first kappa shape index (κ1) is 21.7. The van der Waals surface area contributed by atoms with Crippen LogP contribution in [0.4, 0.5) is 0 Å². The van der Waals surface area contributed by atoms with E-state index in [1.165, 1.54) is 15.6 Å². The summed E-state index contributed by atoms with van der Waals surface area (Å²) in [6.07, 6.45) is 1.35. The van der Waals surface area contributed by atoms with Crippen LogP contribution in [-0.2, 0) is 14.8 Å². The summed E-state index contributed by atoms with van der Waals surface area (Å²) in [5.74, 6) is -0.486. The second-order valence-corrected chi connectivity index (χ2v) is 11.0. The molecule has 3 aromatic rings. The fraction of sp³-hybridized carbons (Fsp3) is 0.292. The number of piperidine rings is 1. The molecule has 0 spiro atoms. The van der Waals surface area contributed by atoms with Crippen LogP contribution in [-0.4, -0.2) is 31.7 Å². The summed E-state index contributed by atoms with van der Waals surface area (Å²) >= 11 is 1.21. The Labute approximate surface area is 187 Å². The molecule has 7 heteroatoms. The van der Waals surface area contributed by atoms with Gasteiger partial charge in [-0.05, 0) is 42.3 Å². The highest BCUT2D eigenvalue weighted by Crippen LogP contribution is 2.28. The number of carbonyl (C=O) groups excluding carboxylic acids is 1. The molecule has 0 saturated carbocycles. The second kappa shape index (κ2) is 9.34. The van der Waals surface area contributed by atoms with Crippen molar-refractivity contribution in [3.63, 3.8) is 0 Å². The molecule has 1 aromatic heterocycles. The number of aryl methyl sites for hydroxylation is 1. The maximum absolute atomic E-state index is 13.3. The summed E-state index contributed by atoms with van der Waals surface area (Å²) in [4.78, 5) is 13.3. The van der Waals surface area contributed by atoms with Crippen molar-refractivity contribution >= 4 is 27.3 Å². The molecular weight excluding hydrogens is 428 g/mol. The van der Waals surface area contributed by atoms with Gasteiger partial charge in [-0.1, -0.05) is 66.2 Å². The maximum Gasteiger partial charge on any atom is 0.252 e. The van der Waals surface area contributed by atoms with Crippen molar-refractivity contribution in [2.24, 2.45) is 5.92 Å². The van der Waals surface area contributed by atoms with E-state index in [2.05, 4.69) is 5.32 Å². The number of rotatable bonds is 6. The Hall–Kier alpha value is -2.48. The zero-order chi connectivity index (χ0) is 21.8. The molecule has 0 aliphatic carbocycles. The molecule has 31 heavy (non-hydrogen) atoms. The van der Waals surface area contributed by atoms with Gasteiger partial charge < -0.3 is 5.32 Å². The summed E-state index contributed by atoms with van der Waals surface area (Å²) < 4.78 is 27.6. The van der Waals surface area contributed by atoms with E-state index < -0.39 is 10.0 Å². The molecule has 2 heterocycles. The van der Waals surface area contributed by atoms with E-state index in [4.69, 9.17) is 0 Å². The molecule has 1 amide bonds. The van der Waals surface area contributed by atoms with Gasteiger partial charge >= 0.3 is 0 Å². The van der Waals surface area contributed by atoms with Crippen LogP contribution in [0.2, 0.25) is 0 Å². The lowest BCUT2D eigenvalue weighted by atomic mass is 9.94. The summed E-state index contributed by atoms with van der Waals surface area (Å²) in [5.41, 5.74) is 3.16. The molecule has 162 valence electrons. The predicted octanol–water partition coefficient (Wildman–Crippen LogP) is 4.36. The molecule has 5 nitrogen and oxygen atoms in total. The monoisotopic (exact) mass is 454 g/mol. The van der Waals surface area contributed by atoms with E-state index >= 15 is 0 Å². The van der Waals surface area contributed by atoms with Gasteiger partial charge in [-0.3, -0.25) is 4.79 Å². The molecule has 1 aliphatic heterocycles. The van der Waals surface area contributed by atoms with Gasteiger partial charge in [0.15, 0.2) is 0 Å². The maximum atomic E-state index is 13.3. The lowest BCUT2D eigenvalue weighted by Crippen LogP contribution is -2.46. The first-order chi connectivity index (χ1) is 14.9. The minimum atomic E-state index is -3.55. The number of benzene rings is 2. The standard InChI is InChI=1S/C24H26N2O3S2/c1-18-11-13-20(14-12-18)23(19-7-3-2-4-8-19)25-24(27)21-9-5-15-26(17-21)31(28,29)22-10-6-16-30-22/h2-4,6-8,10-14,16,21,23H,5,9,15,17H2,1H3,(H,25,27)/t21-,23+/m0/s1. The third-order valence-corrected chi connectivity index (χ3v) is 8.91. The van der Waals surface area contributed by atoms with Crippen molar-refractivity contribution in [3.8, 4) is 0 Å². The van der Waals surface area contributed by atoms with Crippen LogP contribution in [0.25, 0.3) is 0 Å². The van der Waals surface area contributed by atoms with Crippen molar-refractivity contribution in [2.45, 2.75) is 30.0 Å². The van der Waals surface area contributed by atoms with E-state index in [0.717, 1.165) is 16.7 Å². The zero-order valence-corrected chi connectivity index (χ0v) is 19.0. The minimum absolute atomic E-state index is 0.111. The third-order valence-electron chi connectivity index (χ3n) is 5.67. The third kappa shape index (κ3) is 4.89. The van der Waals surface area contributed by atoms with Gasteiger partial charge in [-0.2, -0.15) is 4.31 Å². The number of carbonyl (C=O) groups is 1. The first-order valence-electron chi connectivity index (χ1n) is 10.4. The fourth-order valence-electron chi connectivity index (χ4n) is 3.94. The Balaban J connectivity index is 1.54. The van der Waals surface area contributed by atoms with Crippen molar-refractivity contribution in [2.75, 3.05) is 13.1 Å². The highest BCUT2D eigenvalue weighted by molar-refractivity contribution is 7.91. The Morgan fingerprint density at radius 2 is 1.74 bits per heavy atom. The predicted molar refractivity (Wildman–Crippen MR) is 123 cm³/mol. The zero-order valence-electron chi connectivity index (χ0n) is 17.4. The number of hydrogen-bond donors (Lipinski definition) is 1. The average Bonchev–Trinajstić information content (AvgIpc) is 3.35. The van der Waals surface area contributed by atoms with Crippen LogP contribution in [0.3, 0.4) is 0 Å². The number of nitrogens with zero attached hydrogens (tertiary/aromatic N) is 1.